The molecule has 5 rings (SSSR count). The summed E-state index contributed by atoms with van der Waals surface area (Å²) in [5.74, 6) is -0.890. The van der Waals surface area contributed by atoms with E-state index in [1.807, 2.05) is 31.2 Å². The molecule has 14 heteroatoms. The van der Waals surface area contributed by atoms with Crippen molar-refractivity contribution in [3.05, 3.63) is 61.1 Å². The molecule has 2 unspecified atom stereocenters. The van der Waals surface area contributed by atoms with E-state index in [1.165, 1.54) is 31.7 Å². The molecule has 0 spiro atoms. The summed E-state index contributed by atoms with van der Waals surface area (Å²) in [7, 11) is -4.41. The highest BCUT2D eigenvalue weighted by atomic mass is 31.2. The monoisotopic (exact) mass is 625 g/mol. The molecule has 6 atom stereocenters. The van der Waals surface area contributed by atoms with E-state index in [2.05, 4.69) is 15.1 Å². The third-order valence-corrected chi connectivity index (χ3v) is 9.20. The lowest BCUT2D eigenvalue weighted by Crippen LogP contribution is -2.43. The lowest BCUT2D eigenvalue weighted by Gasteiger charge is -2.27. The number of unbranched alkanes of at least 4 members (excludes halogenated alkanes) is 1. The molecule has 0 aliphatic carbocycles. The van der Waals surface area contributed by atoms with Crippen LogP contribution >= 0.6 is 7.75 Å². The maximum Gasteiger partial charge on any atom is 0.459 e. The van der Waals surface area contributed by atoms with E-state index in [9.17, 15) is 19.3 Å². The number of nitrogens with one attached hydrogen (secondary N) is 1. The summed E-state index contributed by atoms with van der Waals surface area (Å²) in [6.45, 7) is 6.44. The molecule has 4 N–H and O–H groups in total. The van der Waals surface area contributed by atoms with Crippen LogP contribution < -0.4 is 15.3 Å². The molecule has 1 saturated heterocycles. The van der Waals surface area contributed by atoms with Crippen molar-refractivity contribution in [2.45, 2.75) is 70.6 Å². The van der Waals surface area contributed by atoms with Crippen molar-refractivity contribution >= 4 is 47.1 Å². The Morgan fingerprint density at radius 1 is 1.18 bits per heavy atom. The van der Waals surface area contributed by atoms with Crippen LogP contribution in [0.4, 0.5) is 5.82 Å². The summed E-state index contributed by atoms with van der Waals surface area (Å²) in [6, 6.07) is 13.1. The Bertz CT molecular complexity index is 1720. The number of rotatable bonds is 12. The number of nitrogens with two attached hydrogens (primary N) is 1. The number of benzene rings is 2. The Morgan fingerprint density at radius 2 is 1.93 bits per heavy atom. The van der Waals surface area contributed by atoms with E-state index in [4.69, 9.17) is 24.3 Å². The molecule has 2 aromatic heterocycles. The van der Waals surface area contributed by atoms with Gasteiger partial charge in [0.05, 0.1) is 12.0 Å². The minimum atomic E-state index is -4.41. The Morgan fingerprint density at radius 3 is 2.70 bits per heavy atom. The summed E-state index contributed by atoms with van der Waals surface area (Å²) in [4.78, 5) is 34.4. The highest BCUT2D eigenvalue weighted by Crippen LogP contribution is 2.50. The zero-order valence-corrected chi connectivity index (χ0v) is 25.8. The van der Waals surface area contributed by atoms with Gasteiger partial charge in [-0.25, -0.2) is 14.5 Å². The van der Waals surface area contributed by atoms with Gasteiger partial charge in [-0.1, -0.05) is 49.7 Å². The molecule has 1 fully saturated rings. The average Bonchev–Trinajstić information content (AvgIpc) is 3.51. The molecule has 4 aromatic rings. The van der Waals surface area contributed by atoms with E-state index in [0.717, 1.165) is 11.8 Å². The summed E-state index contributed by atoms with van der Waals surface area (Å²) >= 11 is 0. The molecule has 0 saturated carbocycles. The number of hydrogen-bond donors (Lipinski definition) is 3. The van der Waals surface area contributed by atoms with Crippen LogP contribution in [0.3, 0.4) is 0 Å². The molecule has 0 radical (unpaired) electrons. The van der Waals surface area contributed by atoms with Crippen LogP contribution in [0.2, 0.25) is 0 Å². The molecule has 3 heterocycles. The van der Waals surface area contributed by atoms with E-state index in [0.29, 0.717) is 22.8 Å². The molecule has 234 valence electrons. The summed E-state index contributed by atoms with van der Waals surface area (Å²) in [6.07, 6.45) is 0.561. The minimum absolute atomic E-state index is 0.207. The minimum Gasteiger partial charge on any atom is -0.465 e. The number of aromatic nitrogens is 3. The van der Waals surface area contributed by atoms with Crippen LogP contribution in [-0.2, 0) is 28.2 Å². The normalized spacial score (nSPS) is 23.0. The third kappa shape index (κ3) is 6.19. The lowest BCUT2D eigenvalue weighted by molar-refractivity contribution is -0.145. The number of ketones is 1. The molecule has 44 heavy (non-hydrogen) atoms. The molecule has 1 aliphatic heterocycles. The van der Waals surface area contributed by atoms with Crippen LogP contribution in [-0.4, -0.2) is 61.9 Å². The number of carbonyl (C=O) groups excluding carboxylic acids is 2. The third-order valence-electron chi connectivity index (χ3n) is 7.45. The standard InChI is InChI=1S/C30H36N5O8P/c1-5-6-16-40-28(37)18(2)34-44(39,43-23-13-9-11-20-10-7-8-12-21(20)23)42-19(3)24-25(36)30(4,38)29(41-24)35-15-14-22-26(31)32-17-33-27(22)35/h7-15,17-19,24,29,38H,5-6,16H2,1-4H3,(H,34,39)(H2,31,32,33)/t18-,19?,24+,29+,30+,44?/m0/s1. The van der Waals surface area contributed by atoms with Gasteiger partial charge >= 0.3 is 13.7 Å². The number of nitrogens with zero attached hydrogens (tertiary/aromatic N) is 3. The van der Waals surface area contributed by atoms with Crippen LogP contribution in [0.5, 0.6) is 5.75 Å². The van der Waals surface area contributed by atoms with Crippen molar-refractivity contribution in [2.75, 3.05) is 12.3 Å². The zero-order chi connectivity index (χ0) is 31.6. The topological polar surface area (TPSA) is 177 Å². The average molecular weight is 626 g/mol. The fourth-order valence-electron chi connectivity index (χ4n) is 5.07. The van der Waals surface area contributed by atoms with Gasteiger partial charge in [0.25, 0.3) is 0 Å². The highest BCUT2D eigenvalue weighted by molar-refractivity contribution is 7.52. The van der Waals surface area contributed by atoms with E-state index >= 15 is 0 Å². The van der Waals surface area contributed by atoms with Gasteiger partial charge in [0, 0.05) is 11.6 Å². The lowest BCUT2D eigenvalue weighted by atomic mass is 9.96. The van der Waals surface area contributed by atoms with Crippen molar-refractivity contribution in [3.8, 4) is 5.75 Å². The van der Waals surface area contributed by atoms with Gasteiger partial charge in [-0.05, 0) is 44.7 Å². The van der Waals surface area contributed by atoms with Crippen LogP contribution in [0, 0.1) is 0 Å². The summed E-state index contributed by atoms with van der Waals surface area (Å²) < 4.78 is 39.2. The Labute approximate surface area is 254 Å². The molecule has 13 nitrogen and oxygen atoms in total. The molecular formula is C30H36N5O8P. The number of anilines is 1. The number of Topliss-reactive ketones (excluding diaryl/α,β-unsaturated/α-hetero) is 1. The number of hydrogen-bond acceptors (Lipinski definition) is 11. The smallest absolute Gasteiger partial charge is 0.459 e. The van der Waals surface area contributed by atoms with Gasteiger partial charge in [0.1, 0.15) is 41.8 Å². The van der Waals surface area contributed by atoms with Gasteiger partial charge in [-0.3, -0.25) is 14.1 Å². The van der Waals surface area contributed by atoms with Crippen LogP contribution in [0.25, 0.3) is 21.8 Å². The van der Waals surface area contributed by atoms with Gasteiger partial charge in [0.15, 0.2) is 17.6 Å². The van der Waals surface area contributed by atoms with E-state index < -0.39 is 49.6 Å². The maximum atomic E-state index is 14.4. The van der Waals surface area contributed by atoms with E-state index in [1.54, 1.807) is 30.5 Å². The Balaban J connectivity index is 1.43. The first-order chi connectivity index (χ1) is 20.9. The molecule has 0 bridgehead atoms. The number of aliphatic hydroxyl groups is 1. The van der Waals surface area contributed by atoms with Crippen molar-refractivity contribution in [1.82, 2.24) is 19.6 Å². The first-order valence-electron chi connectivity index (χ1n) is 14.3. The second kappa shape index (κ2) is 12.6. The van der Waals surface area contributed by atoms with Gasteiger partial charge < -0.3 is 29.4 Å². The van der Waals surface area contributed by atoms with Gasteiger partial charge in [-0.2, -0.15) is 5.09 Å². The van der Waals surface area contributed by atoms with Crippen molar-refractivity contribution in [2.24, 2.45) is 0 Å². The van der Waals surface area contributed by atoms with Crippen molar-refractivity contribution < 1.29 is 37.8 Å². The fraction of sp³-hybridized carbons (Fsp3) is 0.400. The first kappa shape index (κ1) is 31.6. The molecular weight excluding hydrogens is 589 g/mol. The first-order valence-corrected chi connectivity index (χ1v) is 15.9. The molecule has 2 aromatic carbocycles. The summed E-state index contributed by atoms with van der Waals surface area (Å²) in [5.41, 5.74) is 4.30. The largest absolute Gasteiger partial charge is 0.465 e. The Hall–Kier alpha value is -3.87. The van der Waals surface area contributed by atoms with Crippen molar-refractivity contribution in [1.29, 1.82) is 0 Å². The number of ether oxygens (including phenoxy) is 2. The number of carbonyl (C=O) groups is 2. The molecule has 0 amide bonds. The maximum absolute atomic E-state index is 14.4. The summed E-state index contributed by atoms with van der Waals surface area (Å²) in [5, 5.41) is 16.0. The number of fused-ring (bicyclic) bond motifs is 2. The van der Waals surface area contributed by atoms with E-state index in [-0.39, 0.29) is 18.2 Å². The number of esters is 1. The Kier molecular flexibility index (Phi) is 9.05. The highest BCUT2D eigenvalue weighted by Gasteiger charge is 2.56. The fourth-order valence-corrected chi connectivity index (χ4v) is 6.77. The predicted octanol–water partition coefficient (Wildman–Crippen LogP) is 4.30. The van der Waals surface area contributed by atoms with Crippen LogP contribution in [0.15, 0.2) is 61.1 Å². The van der Waals surface area contributed by atoms with Crippen LogP contribution in [0.1, 0.15) is 46.8 Å². The quantitative estimate of drug-likeness (QED) is 0.116. The zero-order valence-electron chi connectivity index (χ0n) is 24.9. The van der Waals surface area contributed by atoms with Crippen molar-refractivity contribution in [3.63, 3.8) is 0 Å². The number of nitrogen functional groups attached to an aromatic ring is 1. The SMILES string of the molecule is CCCCOC(=O)[C@H](C)NP(=O)(Oc1cccc2ccccc12)OC(C)[C@H]1O[C@@H](n2ccc3c(N)ncnc32)[C@](C)(O)C1=O. The predicted molar refractivity (Wildman–Crippen MR) is 163 cm³/mol. The second-order valence-electron chi connectivity index (χ2n) is 10.9. The second-order valence-corrected chi connectivity index (χ2v) is 12.5. The molecule has 1 aliphatic rings. The van der Waals surface area contributed by atoms with Gasteiger partial charge in [0.2, 0.25) is 0 Å². The van der Waals surface area contributed by atoms with Gasteiger partial charge in [-0.15, -0.1) is 0 Å².